The Balaban J connectivity index is 1.82. The molecule has 0 spiro atoms. The number of fused-ring (bicyclic) bond motifs is 1. The minimum atomic E-state index is -0.122. The van der Waals surface area contributed by atoms with E-state index in [0.29, 0.717) is 10.6 Å². The lowest BCUT2D eigenvalue weighted by Gasteiger charge is -2.09. The Morgan fingerprint density at radius 3 is 2.60 bits per heavy atom. The summed E-state index contributed by atoms with van der Waals surface area (Å²) < 4.78 is 0. The van der Waals surface area contributed by atoms with Gasteiger partial charge in [-0.15, -0.1) is 0 Å². The van der Waals surface area contributed by atoms with E-state index in [1.165, 1.54) is 11.8 Å². The summed E-state index contributed by atoms with van der Waals surface area (Å²) >= 11 is 1.28. The van der Waals surface area contributed by atoms with Crippen molar-refractivity contribution in [1.29, 1.82) is 5.26 Å². The lowest BCUT2D eigenvalue weighted by molar-refractivity contribution is -0.113. The maximum atomic E-state index is 12.1. The van der Waals surface area contributed by atoms with Crippen molar-refractivity contribution < 1.29 is 4.79 Å². The number of carbonyl (C=O) groups is 1. The van der Waals surface area contributed by atoms with E-state index in [0.717, 1.165) is 27.7 Å². The average molecular weight is 347 g/mol. The van der Waals surface area contributed by atoms with Crippen LogP contribution < -0.4 is 5.32 Å². The number of hydrogen-bond acceptors (Lipinski definition) is 4. The average Bonchev–Trinajstić information content (AvgIpc) is 2.63. The quantitative estimate of drug-likeness (QED) is 0.708. The molecule has 0 atom stereocenters. The molecule has 2 aromatic carbocycles. The molecule has 3 aromatic rings. The zero-order valence-electron chi connectivity index (χ0n) is 14.0. The van der Waals surface area contributed by atoms with Crippen LogP contribution in [0.1, 0.15) is 16.7 Å². The highest BCUT2D eigenvalue weighted by Crippen LogP contribution is 2.28. The van der Waals surface area contributed by atoms with E-state index in [4.69, 9.17) is 0 Å². The second-order valence-electron chi connectivity index (χ2n) is 5.75. The molecule has 124 valence electrons. The van der Waals surface area contributed by atoms with Gasteiger partial charge >= 0.3 is 0 Å². The number of anilines is 1. The fraction of sp³-hybridized carbons (Fsp3) is 0.150. The van der Waals surface area contributed by atoms with Crippen LogP contribution in [0.15, 0.2) is 53.6 Å². The highest BCUT2D eigenvalue weighted by Gasteiger charge is 2.12. The highest BCUT2D eigenvalue weighted by atomic mass is 32.2. The first-order chi connectivity index (χ1) is 12.1. The van der Waals surface area contributed by atoms with Gasteiger partial charge < -0.3 is 5.32 Å². The van der Waals surface area contributed by atoms with E-state index < -0.39 is 0 Å². The predicted molar refractivity (Wildman–Crippen MR) is 102 cm³/mol. The number of aryl methyl sites for hydroxylation is 2. The lowest BCUT2D eigenvalue weighted by atomic mass is 10.0. The zero-order valence-corrected chi connectivity index (χ0v) is 14.9. The molecule has 1 aromatic heterocycles. The molecule has 3 rings (SSSR count). The van der Waals surface area contributed by atoms with Crippen LogP contribution in [0.3, 0.4) is 0 Å². The summed E-state index contributed by atoms with van der Waals surface area (Å²) in [5, 5.41) is 13.8. The molecule has 0 aliphatic carbocycles. The summed E-state index contributed by atoms with van der Waals surface area (Å²) in [6.45, 7) is 4.00. The third-order valence-corrected chi connectivity index (χ3v) is 4.88. The van der Waals surface area contributed by atoms with Crippen LogP contribution >= 0.6 is 11.8 Å². The van der Waals surface area contributed by atoms with E-state index in [1.54, 1.807) is 0 Å². The van der Waals surface area contributed by atoms with Gasteiger partial charge in [0.25, 0.3) is 0 Å². The number of para-hydroxylation sites is 1. The fourth-order valence-corrected chi connectivity index (χ4v) is 3.31. The van der Waals surface area contributed by atoms with E-state index in [9.17, 15) is 10.1 Å². The number of nitrogens with one attached hydrogen (secondary N) is 1. The number of rotatable bonds is 4. The normalized spacial score (nSPS) is 10.4. The molecule has 1 heterocycles. The van der Waals surface area contributed by atoms with Gasteiger partial charge in [-0.3, -0.25) is 4.79 Å². The first kappa shape index (κ1) is 17.0. The van der Waals surface area contributed by atoms with Gasteiger partial charge in [-0.25, -0.2) is 4.98 Å². The number of amides is 1. The van der Waals surface area contributed by atoms with Gasteiger partial charge in [0.15, 0.2) is 0 Å². The SMILES string of the molecule is Cc1ccc(C)c2nc(SCC(=O)Nc3ccccc3)c(C#N)cc12. The van der Waals surface area contributed by atoms with Crippen LogP contribution in [0.4, 0.5) is 5.69 Å². The number of aromatic nitrogens is 1. The summed E-state index contributed by atoms with van der Waals surface area (Å²) in [5.41, 5.74) is 4.28. The van der Waals surface area contributed by atoms with Gasteiger partial charge in [-0.05, 0) is 43.2 Å². The van der Waals surface area contributed by atoms with Crippen LogP contribution in [0.2, 0.25) is 0 Å². The summed E-state index contributed by atoms with van der Waals surface area (Å²) in [6, 6.07) is 17.4. The largest absolute Gasteiger partial charge is 0.325 e. The van der Waals surface area contributed by atoms with Crippen LogP contribution in [-0.4, -0.2) is 16.6 Å². The van der Waals surface area contributed by atoms with Gasteiger partial charge in [-0.2, -0.15) is 5.26 Å². The molecule has 25 heavy (non-hydrogen) atoms. The van der Waals surface area contributed by atoms with Crippen molar-refractivity contribution in [3.63, 3.8) is 0 Å². The van der Waals surface area contributed by atoms with Crippen molar-refractivity contribution in [2.24, 2.45) is 0 Å². The van der Waals surface area contributed by atoms with Crippen molar-refractivity contribution in [1.82, 2.24) is 4.98 Å². The molecule has 0 fully saturated rings. The van der Waals surface area contributed by atoms with E-state index >= 15 is 0 Å². The second-order valence-corrected chi connectivity index (χ2v) is 6.72. The fourth-order valence-electron chi connectivity index (χ4n) is 2.56. The third kappa shape index (κ3) is 3.81. The Labute approximate surface area is 150 Å². The van der Waals surface area contributed by atoms with Crippen LogP contribution in [0, 0.1) is 25.2 Å². The molecule has 1 amide bonds. The molecule has 0 bridgehead atoms. The van der Waals surface area contributed by atoms with Gasteiger partial charge in [0, 0.05) is 11.1 Å². The zero-order chi connectivity index (χ0) is 17.8. The first-order valence-electron chi connectivity index (χ1n) is 7.87. The van der Waals surface area contributed by atoms with Crippen molar-refractivity contribution >= 4 is 34.3 Å². The number of pyridine rings is 1. The molecule has 0 aliphatic heterocycles. The molecule has 0 aliphatic rings. The Bertz CT molecular complexity index is 978. The van der Waals surface area contributed by atoms with Crippen LogP contribution in [-0.2, 0) is 4.79 Å². The standard InChI is InChI=1S/C20H17N3OS/c1-13-8-9-14(2)19-17(13)10-15(11-21)20(23-19)25-12-18(24)22-16-6-4-3-5-7-16/h3-10H,12H2,1-2H3,(H,22,24). The second kappa shape index (κ2) is 7.37. The molecule has 1 N–H and O–H groups in total. The predicted octanol–water partition coefficient (Wildman–Crippen LogP) is 4.45. The Morgan fingerprint density at radius 1 is 1.16 bits per heavy atom. The number of thioether (sulfide) groups is 1. The maximum absolute atomic E-state index is 12.1. The van der Waals surface area contributed by atoms with E-state index in [2.05, 4.69) is 16.4 Å². The van der Waals surface area contributed by atoms with Crippen LogP contribution in [0.5, 0.6) is 0 Å². The molecule has 4 nitrogen and oxygen atoms in total. The molecule has 0 radical (unpaired) electrons. The summed E-state index contributed by atoms with van der Waals surface area (Å²) in [7, 11) is 0. The van der Waals surface area contributed by atoms with Gasteiger partial charge in [-0.1, -0.05) is 42.1 Å². The summed E-state index contributed by atoms with van der Waals surface area (Å²) in [6.07, 6.45) is 0. The Hall–Kier alpha value is -2.84. The third-order valence-electron chi connectivity index (χ3n) is 3.89. The molecular formula is C20H17N3OS. The minimum absolute atomic E-state index is 0.122. The van der Waals surface area contributed by atoms with Gasteiger partial charge in [0.2, 0.25) is 5.91 Å². The molecule has 0 unspecified atom stereocenters. The number of carbonyl (C=O) groups excluding carboxylic acids is 1. The minimum Gasteiger partial charge on any atom is -0.325 e. The topological polar surface area (TPSA) is 65.8 Å². The van der Waals surface area contributed by atoms with Crippen molar-refractivity contribution in [2.45, 2.75) is 18.9 Å². The smallest absolute Gasteiger partial charge is 0.234 e. The summed E-state index contributed by atoms with van der Waals surface area (Å²) in [4.78, 5) is 16.8. The molecular weight excluding hydrogens is 330 g/mol. The van der Waals surface area contributed by atoms with E-state index in [1.807, 2.05) is 62.4 Å². The van der Waals surface area contributed by atoms with Gasteiger partial charge in [0.05, 0.1) is 16.8 Å². The van der Waals surface area contributed by atoms with Crippen molar-refractivity contribution in [2.75, 3.05) is 11.1 Å². The number of hydrogen-bond donors (Lipinski definition) is 1. The van der Waals surface area contributed by atoms with Gasteiger partial charge in [0.1, 0.15) is 11.1 Å². The number of nitrogens with zero attached hydrogens (tertiary/aromatic N) is 2. The highest BCUT2D eigenvalue weighted by molar-refractivity contribution is 8.00. The molecule has 5 heteroatoms. The number of benzene rings is 2. The summed E-state index contributed by atoms with van der Waals surface area (Å²) in [5.74, 6) is 0.0791. The Kier molecular flexibility index (Phi) is 5.01. The number of nitriles is 1. The van der Waals surface area contributed by atoms with Crippen LogP contribution in [0.25, 0.3) is 10.9 Å². The van der Waals surface area contributed by atoms with Crippen molar-refractivity contribution in [3.8, 4) is 6.07 Å². The monoisotopic (exact) mass is 347 g/mol. The molecule has 0 saturated carbocycles. The lowest BCUT2D eigenvalue weighted by Crippen LogP contribution is -2.14. The molecule has 0 saturated heterocycles. The van der Waals surface area contributed by atoms with E-state index in [-0.39, 0.29) is 11.7 Å². The maximum Gasteiger partial charge on any atom is 0.234 e. The Morgan fingerprint density at radius 2 is 1.88 bits per heavy atom. The van der Waals surface area contributed by atoms with Crippen molar-refractivity contribution in [3.05, 3.63) is 65.2 Å². The first-order valence-corrected chi connectivity index (χ1v) is 8.86.